The second-order valence-electron chi connectivity index (χ2n) is 5.28. The number of hydrogen-bond acceptors (Lipinski definition) is 4. The van der Waals surface area contributed by atoms with Gasteiger partial charge in [0.2, 0.25) is 0 Å². The molecule has 0 amide bonds. The standard InChI is InChI=1S/C13H20N4S/c1-10-2-3-11(6-14)7-17(10)9-12-8-16-4-5-18-13(16)15-12/h4-5,8,10-11H,2-3,6-7,9,14H2,1H3. The average Bonchev–Trinajstić information content (AvgIpc) is 2.92. The van der Waals surface area contributed by atoms with Gasteiger partial charge in [-0.2, -0.15) is 0 Å². The Morgan fingerprint density at radius 2 is 2.39 bits per heavy atom. The largest absolute Gasteiger partial charge is 0.330 e. The van der Waals surface area contributed by atoms with Crippen molar-refractivity contribution in [3.63, 3.8) is 0 Å². The van der Waals surface area contributed by atoms with E-state index >= 15 is 0 Å². The fourth-order valence-electron chi connectivity index (χ4n) is 2.74. The summed E-state index contributed by atoms with van der Waals surface area (Å²) >= 11 is 1.69. The fraction of sp³-hybridized carbons (Fsp3) is 0.615. The van der Waals surface area contributed by atoms with Gasteiger partial charge in [-0.25, -0.2) is 4.98 Å². The number of hydrogen-bond donors (Lipinski definition) is 1. The zero-order valence-electron chi connectivity index (χ0n) is 10.7. The molecule has 2 aromatic heterocycles. The molecule has 3 rings (SSSR count). The summed E-state index contributed by atoms with van der Waals surface area (Å²) in [4.78, 5) is 8.27. The van der Waals surface area contributed by atoms with Gasteiger partial charge in [0.15, 0.2) is 4.96 Å². The molecule has 2 unspecified atom stereocenters. The molecule has 1 fully saturated rings. The van der Waals surface area contributed by atoms with Crippen molar-refractivity contribution in [3.8, 4) is 0 Å². The maximum absolute atomic E-state index is 5.80. The molecule has 5 heteroatoms. The molecule has 0 radical (unpaired) electrons. The Balaban J connectivity index is 1.72. The number of nitrogens with two attached hydrogens (primary N) is 1. The molecule has 1 saturated heterocycles. The highest BCUT2D eigenvalue weighted by molar-refractivity contribution is 7.15. The summed E-state index contributed by atoms with van der Waals surface area (Å²) < 4.78 is 2.11. The van der Waals surface area contributed by atoms with Crippen LogP contribution in [-0.2, 0) is 6.54 Å². The van der Waals surface area contributed by atoms with Crippen molar-refractivity contribution in [1.82, 2.24) is 14.3 Å². The van der Waals surface area contributed by atoms with Gasteiger partial charge < -0.3 is 5.73 Å². The van der Waals surface area contributed by atoms with Crippen molar-refractivity contribution in [2.24, 2.45) is 11.7 Å². The summed E-state index contributed by atoms with van der Waals surface area (Å²) in [5.41, 5.74) is 6.98. The van der Waals surface area contributed by atoms with Gasteiger partial charge in [0, 0.05) is 36.9 Å². The van der Waals surface area contributed by atoms with E-state index in [9.17, 15) is 0 Å². The van der Waals surface area contributed by atoms with Gasteiger partial charge >= 0.3 is 0 Å². The molecule has 0 bridgehead atoms. The highest BCUT2D eigenvalue weighted by Crippen LogP contribution is 2.23. The Hall–Kier alpha value is -0.910. The predicted molar refractivity (Wildman–Crippen MR) is 74.7 cm³/mol. The van der Waals surface area contributed by atoms with E-state index in [1.807, 2.05) is 0 Å². The first kappa shape index (κ1) is 12.1. The summed E-state index contributed by atoms with van der Waals surface area (Å²) in [5.74, 6) is 0.657. The second-order valence-corrected chi connectivity index (χ2v) is 6.16. The number of likely N-dealkylation sites (tertiary alicyclic amines) is 1. The van der Waals surface area contributed by atoms with Crippen LogP contribution >= 0.6 is 11.3 Å². The second kappa shape index (κ2) is 4.99. The summed E-state index contributed by atoms with van der Waals surface area (Å²) in [6, 6.07) is 0.646. The first-order valence-corrected chi connectivity index (χ1v) is 7.49. The maximum atomic E-state index is 5.80. The van der Waals surface area contributed by atoms with Gasteiger partial charge in [-0.3, -0.25) is 9.30 Å². The number of nitrogens with zero attached hydrogens (tertiary/aromatic N) is 3. The zero-order chi connectivity index (χ0) is 12.5. The summed E-state index contributed by atoms with van der Waals surface area (Å²) in [6.45, 7) is 5.18. The lowest BCUT2D eigenvalue weighted by Gasteiger charge is -2.37. The van der Waals surface area contributed by atoms with Crippen LogP contribution in [0.15, 0.2) is 17.8 Å². The van der Waals surface area contributed by atoms with E-state index in [1.165, 1.54) is 18.5 Å². The van der Waals surface area contributed by atoms with Crippen LogP contribution in [0.1, 0.15) is 25.5 Å². The lowest BCUT2D eigenvalue weighted by Crippen LogP contribution is -2.43. The minimum Gasteiger partial charge on any atom is -0.330 e. The SMILES string of the molecule is CC1CCC(CN)CN1Cc1cn2ccsc2n1. The summed E-state index contributed by atoms with van der Waals surface area (Å²) in [5, 5.41) is 2.07. The van der Waals surface area contributed by atoms with Crippen molar-refractivity contribution in [3.05, 3.63) is 23.5 Å². The highest BCUT2D eigenvalue weighted by Gasteiger charge is 2.25. The monoisotopic (exact) mass is 264 g/mol. The predicted octanol–water partition coefficient (Wildman–Crippen LogP) is 1.95. The normalized spacial score (nSPS) is 25.9. The summed E-state index contributed by atoms with van der Waals surface area (Å²) in [7, 11) is 0. The number of piperidine rings is 1. The van der Waals surface area contributed by atoms with Crippen LogP contribution in [0.25, 0.3) is 4.96 Å². The molecule has 0 spiro atoms. The molecule has 3 heterocycles. The molecule has 2 N–H and O–H groups in total. The molecule has 0 saturated carbocycles. The molecular formula is C13H20N4S. The quantitative estimate of drug-likeness (QED) is 0.922. The van der Waals surface area contributed by atoms with Gasteiger partial charge in [0.05, 0.1) is 5.69 Å². The van der Waals surface area contributed by atoms with Crippen LogP contribution in [0.3, 0.4) is 0 Å². The van der Waals surface area contributed by atoms with E-state index in [4.69, 9.17) is 5.73 Å². The Bertz CT molecular complexity index is 489. The molecule has 2 atom stereocenters. The molecule has 2 aromatic rings. The van der Waals surface area contributed by atoms with E-state index < -0.39 is 0 Å². The van der Waals surface area contributed by atoms with Crippen LogP contribution in [0, 0.1) is 5.92 Å². The van der Waals surface area contributed by atoms with E-state index in [0.717, 1.165) is 24.6 Å². The zero-order valence-corrected chi connectivity index (χ0v) is 11.6. The van der Waals surface area contributed by atoms with E-state index in [0.29, 0.717) is 12.0 Å². The molecule has 0 aromatic carbocycles. The molecule has 1 aliphatic rings. The molecule has 18 heavy (non-hydrogen) atoms. The first-order chi connectivity index (χ1) is 8.76. The number of rotatable bonds is 3. The topological polar surface area (TPSA) is 46.6 Å². The minimum atomic E-state index is 0.646. The third kappa shape index (κ3) is 2.30. The average molecular weight is 264 g/mol. The summed E-state index contributed by atoms with van der Waals surface area (Å²) in [6.07, 6.45) is 6.74. The molecular weight excluding hydrogens is 244 g/mol. The maximum Gasteiger partial charge on any atom is 0.193 e. The lowest BCUT2D eigenvalue weighted by atomic mass is 9.93. The fourth-order valence-corrected chi connectivity index (χ4v) is 3.45. The van der Waals surface area contributed by atoms with Gasteiger partial charge in [-0.1, -0.05) is 0 Å². The third-order valence-electron chi connectivity index (χ3n) is 3.95. The smallest absolute Gasteiger partial charge is 0.193 e. The van der Waals surface area contributed by atoms with E-state index in [-0.39, 0.29) is 0 Å². The Labute approximate surface area is 111 Å². The van der Waals surface area contributed by atoms with Crippen LogP contribution in [0.4, 0.5) is 0 Å². The number of aromatic nitrogens is 2. The lowest BCUT2D eigenvalue weighted by molar-refractivity contribution is 0.112. The third-order valence-corrected chi connectivity index (χ3v) is 4.72. The molecule has 4 nitrogen and oxygen atoms in total. The van der Waals surface area contributed by atoms with Crippen molar-refractivity contribution in [2.45, 2.75) is 32.4 Å². The Kier molecular flexibility index (Phi) is 3.37. The van der Waals surface area contributed by atoms with Crippen LogP contribution in [0.5, 0.6) is 0 Å². The van der Waals surface area contributed by atoms with Crippen molar-refractivity contribution < 1.29 is 0 Å². The minimum absolute atomic E-state index is 0.646. The Morgan fingerprint density at radius 3 is 3.17 bits per heavy atom. The van der Waals surface area contributed by atoms with Crippen LogP contribution in [0.2, 0.25) is 0 Å². The van der Waals surface area contributed by atoms with E-state index in [1.54, 1.807) is 11.3 Å². The van der Waals surface area contributed by atoms with E-state index in [2.05, 4.69) is 39.0 Å². The van der Waals surface area contributed by atoms with Crippen LogP contribution in [-0.4, -0.2) is 33.4 Å². The van der Waals surface area contributed by atoms with Gasteiger partial charge in [0.25, 0.3) is 0 Å². The molecule has 0 aliphatic carbocycles. The van der Waals surface area contributed by atoms with Gasteiger partial charge in [-0.05, 0) is 32.2 Å². The first-order valence-electron chi connectivity index (χ1n) is 6.61. The number of thiazole rings is 1. The van der Waals surface area contributed by atoms with Crippen LogP contribution < -0.4 is 5.73 Å². The number of imidazole rings is 1. The number of fused-ring (bicyclic) bond motifs is 1. The Morgan fingerprint density at radius 1 is 1.50 bits per heavy atom. The molecule has 98 valence electrons. The van der Waals surface area contributed by atoms with Gasteiger partial charge in [0.1, 0.15) is 0 Å². The van der Waals surface area contributed by atoms with Crippen molar-refractivity contribution >= 4 is 16.3 Å². The molecule has 1 aliphatic heterocycles. The van der Waals surface area contributed by atoms with Crippen molar-refractivity contribution in [2.75, 3.05) is 13.1 Å². The van der Waals surface area contributed by atoms with Crippen molar-refractivity contribution in [1.29, 1.82) is 0 Å². The van der Waals surface area contributed by atoms with Gasteiger partial charge in [-0.15, -0.1) is 11.3 Å². The highest BCUT2D eigenvalue weighted by atomic mass is 32.1.